The van der Waals surface area contributed by atoms with Crippen molar-refractivity contribution in [1.29, 1.82) is 0 Å². The Morgan fingerprint density at radius 1 is 1.24 bits per heavy atom. The Bertz CT molecular complexity index is 1200. The van der Waals surface area contributed by atoms with Crippen LogP contribution in [0.5, 0.6) is 12.0 Å². The Kier molecular flexibility index (Phi) is 8.05. The fourth-order valence-electron chi connectivity index (χ4n) is 3.14. The molecule has 0 saturated carbocycles. The SMILES string of the molecule is CCCCOc1nc(N)c2nc(OC)n(Cc3ccc(C#CCNC)c(C(=O)OC)c3)c2n1. The lowest BCUT2D eigenvalue weighted by Crippen LogP contribution is -2.09. The minimum Gasteiger partial charge on any atom is -0.468 e. The molecule has 2 heterocycles. The molecule has 0 fully saturated rings. The second kappa shape index (κ2) is 11.2. The van der Waals surface area contributed by atoms with Gasteiger partial charge in [0.2, 0.25) is 0 Å². The van der Waals surface area contributed by atoms with Crippen molar-refractivity contribution < 1.29 is 19.0 Å². The summed E-state index contributed by atoms with van der Waals surface area (Å²) in [6.07, 6.45) is 1.87. The minimum absolute atomic E-state index is 0.183. The van der Waals surface area contributed by atoms with Gasteiger partial charge in [0.15, 0.2) is 17.0 Å². The quantitative estimate of drug-likeness (QED) is 0.285. The number of anilines is 1. The summed E-state index contributed by atoms with van der Waals surface area (Å²) in [6.45, 7) is 3.39. The number of unbranched alkanes of at least 4 members (excludes halogenated alkanes) is 1. The fourth-order valence-corrected chi connectivity index (χ4v) is 3.14. The monoisotopic (exact) mass is 452 g/mol. The van der Waals surface area contributed by atoms with E-state index in [2.05, 4.69) is 39.0 Å². The van der Waals surface area contributed by atoms with E-state index in [1.54, 1.807) is 23.7 Å². The summed E-state index contributed by atoms with van der Waals surface area (Å²) < 4.78 is 17.8. The predicted octanol–water partition coefficient (Wildman–Crippen LogP) is 2.00. The van der Waals surface area contributed by atoms with Gasteiger partial charge in [-0.25, -0.2) is 4.79 Å². The first-order valence-corrected chi connectivity index (χ1v) is 10.6. The molecule has 0 aliphatic carbocycles. The molecule has 0 saturated heterocycles. The molecule has 1 aromatic carbocycles. The van der Waals surface area contributed by atoms with E-state index in [1.165, 1.54) is 14.2 Å². The number of fused-ring (bicyclic) bond motifs is 1. The molecule has 0 spiro atoms. The molecular formula is C23H28N6O4. The summed E-state index contributed by atoms with van der Waals surface area (Å²) >= 11 is 0. The number of methoxy groups -OCH3 is 2. The molecule has 0 aliphatic rings. The van der Waals surface area contributed by atoms with Crippen molar-refractivity contribution >= 4 is 23.0 Å². The van der Waals surface area contributed by atoms with Crippen LogP contribution in [0.3, 0.4) is 0 Å². The lowest BCUT2D eigenvalue weighted by molar-refractivity contribution is 0.0600. The number of rotatable bonds is 9. The number of nitrogens with one attached hydrogen (secondary N) is 1. The number of benzene rings is 1. The van der Waals surface area contributed by atoms with Gasteiger partial charge >= 0.3 is 12.0 Å². The molecule has 0 amide bonds. The summed E-state index contributed by atoms with van der Waals surface area (Å²) in [4.78, 5) is 25.5. The van der Waals surface area contributed by atoms with Gasteiger partial charge in [-0.2, -0.15) is 15.0 Å². The molecule has 174 valence electrons. The smallest absolute Gasteiger partial charge is 0.339 e. The number of aromatic nitrogens is 4. The van der Waals surface area contributed by atoms with E-state index in [-0.39, 0.29) is 11.8 Å². The molecule has 0 radical (unpaired) electrons. The Morgan fingerprint density at radius 2 is 2.06 bits per heavy atom. The number of hydrogen-bond acceptors (Lipinski definition) is 9. The number of carbonyl (C=O) groups excluding carboxylic acids is 1. The van der Waals surface area contributed by atoms with E-state index in [1.807, 2.05) is 6.07 Å². The van der Waals surface area contributed by atoms with Crippen LogP contribution in [-0.2, 0) is 11.3 Å². The van der Waals surface area contributed by atoms with Crippen molar-refractivity contribution in [3.8, 4) is 23.9 Å². The highest BCUT2D eigenvalue weighted by molar-refractivity contribution is 5.92. The summed E-state index contributed by atoms with van der Waals surface area (Å²) in [5.41, 5.74) is 8.76. The lowest BCUT2D eigenvalue weighted by atomic mass is 10.0. The molecule has 0 atom stereocenters. The van der Waals surface area contributed by atoms with Crippen LogP contribution in [-0.4, -0.2) is 59.9 Å². The number of nitrogens with two attached hydrogens (primary N) is 1. The van der Waals surface area contributed by atoms with E-state index in [4.69, 9.17) is 19.9 Å². The minimum atomic E-state index is -0.466. The van der Waals surface area contributed by atoms with Gasteiger partial charge in [0.05, 0.1) is 39.5 Å². The van der Waals surface area contributed by atoms with Crippen LogP contribution in [0.1, 0.15) is 41.3 Å². The maximum absolute atomic E-state index is 12.4. The zero-order valence-electron chi connectivity index (χ0n) is 19.3. The summed E-state index contributed by atoms with van der Waals surface area (Å²) in [5.74, 6) is 5.70. The number of carbonyl (C=O) groups is 1. The lowest BCUT2D eigenvalue weighted by Gasteiger charge is -2.11. The summed E-state index contributed by atoms with van der Waals surface area (Å²) in [5, 5.41) is 2.95. The molecular weight excluding hydrogens is 424 g/mol. The van der Waals surface area contributed by atoms with Crippen LogP contribution in [0.4, 0.5) is 5.82 Å². The first-order chi connectivity index (χ1) is 16.0. The first-order valence-electron chi connectivity index (χ1n) is 10.6. The molecule has 3 aromatic rings. The third kappa shape index (κ3) is 5.51. The van der Waals surface area contributed by atoms with Gasteiger partial charge in [-0.05, 0) is 31.2 Å². The van der Waals surface area contributed by atoms with Crippen molar-refractivity contribution in [2.45, 2.75) is 26.3 Å². The Balaban J connectivity index is 2.02. The second-order valence-electron chi connectivity index (χ2n) is 7.15. The molecule has 0 unspecified atom stereocenters. The topological polar surface area (TPSA) is 126 Å². The molecule has 2 aromatic heterocycles. The first kappa shape index (κ1) is 23.8. The third-order valence-corrected chi connectivity index (χ3v) is 4.80. The molecule has 3 N–H and O–H groups in total. The number of ether oxygens (including phenoxy) is 3. The zero-order valence-corrected chi connectivity index (χ0v) is 19.3. The summed E-state index contributed by atoms with van der Waals surface area (Å²) in [6, 6.07) is 5.91. The number of hydrogen-bond donors (Lipinski definition) is 2. The molecule has 33 heavy (non-hydrogen) atoms. The highest BCUT2D eigenvalue weighted by atomic mass is 16.5. The van der Waals surface area contributed by atoms with Crippen LogP contribution in [0.2, 0.25) is 0 Å². The van der Waals surface area contributed by atoms with E-state index in [0.717, 1.165) is 18.4 Å². The van der Waals surface area contributed by atoms with Crippen molar-refractivity contribution in [3.05, 3.63) is 34.9 Å². The van der Waals surface area contributed by atoms with Crippen LogP contribution < -0.4 is 20.5 Å². The zero-order chi connectivity index (χ0) is 23.8. The number of imidazole rings is 1. The van der Waals surface area contributed by atoms with Gasteiger partial charge in [0.25, 0.3) is 6.01 Å². The Labute approximate surface area is 192 Å². The average Bonchev–Trinajstić information content (AvgIpc) is 3.17. The van der Waals surface area contributed by atoms with Gasteiger partial charge in [0.1, 0.15) is 0 Å². The molecule has 0 aliphatic heterocycles. The average molecular weight is 453 g/mol. The highest BCUT2D eigenvalue weighted by Crippen LogP contribution is 2.27. The standard InChI is InChI=1S/C23H28N6O4/c1-5-6-12-33-22-27-19(24)18-20(28-22)29(23(26-18)32-4)14-15-9-10-16(8-7-11-25-2)17(13-15)21(30)31-3/h9-10,13,25H,5-6,11-12,14H2,1-4H3,(H2,24,27,28). The molecule has 10 heteroatoms. The van der Waals surface area contributed by atoms with Crippen molar-refractivity contribution in [1.82, 2.24) is 24.8 Å². The van der Waals surface area contributed by atoms with Gasteiger partial charge in [0, 0.05) is 5.56 Å². The Morgan fingerprint density at radius 3 is 2.76 bits per heavy atom. The predicted molar refractivity (Wildman–Crippen MR) is 124 cm³/mol. The molecule has 3 rings (SSSR count). The summed E-state index contributed by atoms with van der Waals surface area (Å²) in [7, 11) is 4.66. The van der Waals surface area contributed by atoms with E-state index in [0.29, 0.717) is 48.0 Å². The maximum Gasteiger partial charge on any atom is 0.339 e. The maximum atomic E-state index is 12.4. The fraction of sp³-hybridized carbons (Fsp3) is 0.391. The van der Waals surface area contributed by atoms with E-state index in [9.17, 15) is 4.79 Å². The van der Waals surface area contributed by atoms with E-state index < -0.39 is 5.97 Å². The van der Waals surface area contributed by atoms with E-state index >= 15 is 0 Å². The normalized spacial score (nSPS) is 10.5. The van der Waals surface area contributed by atoms with Gasteiger partial charge in [-0.3, -0.25) is 4.57 Å². The van der Waals surface area contributed by atoms with Crippen LogP contribution >= 0.6 is 0 Å². The van der Waals surface area contributed by atoms with Crippen LogP contribution in [0, 0.1) is 11.8 Å². The highest BCUT2D eigenvalue weighted by Gasteiger charge is 2.19. The molecule has 0 bridgehead atoms. The Hall–Kier alpha value is -3.84. The third-order valence-electron chi connectivity index (χ3n) is 4.80. The van der Waals surface area contributed by atoms with Crippen molar-refractivity contribution in [3.63, 3.8) is 0 Å². The number of nitrogen functional groups attached to an aromatic ring is 1. The van der Waals surface area contributed by atoms with Crippen molar-refractivity contribution in [2.24, 2.45) is 0 Å². The largest absolute Gasteiger partial charge is 0.468 e. The number of nitrogens with zero attached hydrogens (tertiary/aromatic N) is 4. The van der Waals surface area contributed by atoms with Gasteiger partial charge in [-0.15, -0.1) is 0 Å². The van der Waals surface area contributed by atoms with Crippen molar-refractivity contribution in [2.75, 3.05) is 40.2 Å². The van der Waals surface area contributed by atoms with Gasteiger partial charge in [-0.1, -0.05) is 31.3 Å². The molecule has 10 nitrogen and oxygen atoms in total. The second-order valence-corrected chi connectivity index (χ2v) is 7.15. The van der Waals surface area contributed by atoms with Crippen LogP contribution in [0.25, 0.3) is 11.2 Å². The number of esters is 1. The van der Waals surface area contributed by atoms with Gasteiger partial charge < -0.3 is 25.3 Å². The van der Waals surface area contributed by atoms with Crippen LogP contribution in [0.15, 0.2) is 18.2 Å².